The van der Waals surface area contributed by atoms with Gasteiger partial charge < -0.3 is 5.11 Å². The molecule has 82 valence electrons. The molecule has 0 aliphatic carbocycles. The number of benzene rings is 1. The van der Waals surface area contributed by atoms with Crippen molar-refractivity contribution in [2.24, 2.45) is 10.4 Å². The fraction of sp³-hybridized carbons (Fsp3) is 0.462. The molecule has 0 spiro atoms. The molecule has 1 rings (SSSR count). The van der Waals surface area contributed by atoms with Crippen LogP contribution in [0.25, 0.3) is 0 Å². The maximum absolute atomic E-state index is 8.91. The van der Waals surface area contributed by atoms with E-state index in [1.54, 1.807) is 0 Å². The molecule has 0 atom stereocenters. The molecule has 0 aliphatic heterocycles. The number of hydrogen-bond acceptors (Lipinski definition) is 2. The Labute approximate surface area is 91.7 Å². The van der Waals surface area contributed by atoms with Gasteiger partial charge in [-0.2, -0.15) is 0 Å². The highest BCUT2D eigenvalue weighted by Crippen LogP contribution is 2.22. The fourth-order valence-corrected chi connectivity index (χ4v) is 1.47. The molecule has 0 fully saturated rings. The lowest BCUT2D eigenvalue weighted by Gasteiger charge is -2.19. The number of nitrogens with zero attached hydrogens (tertiary/aromatic N) is 1. The van der Waals surface area contributed by atoms with Gasteiger partial charge in [0, 0.05) is 5.71 Å². The molecule has 0 saturated carbocycles. The van der Waals surface area contributed by atoms with Gasteiger partial charge in [-0.05, 0) is 17.4 Å². The lowest BCUT2D eigenvalue weighted by atomic mass is 9.87. The van der Waals surface area contributed by atoms with Crippen LogP contribution in [-0.2, 0) is 0 Å². The molecule has 0 radical (unpaired) electrons. The van der Waals surface area contributed by atoms with Gasteiger partial charge in [-0.25, -0.2) is 0 Å². The molecule has 0 heterocycles. The molecule has 0 aliphatic rings. The Morgan fingerprint density at radius 1 is 1.20 bits per heavy atom. The highest BCUT2D eigenvalue weighted by molar-refractivity contribution is 6.00. The van der Waals surface area contributed by atoms with Crippen molar-refractivity contribution in [3.8, 4) is 0 Å². The summed E-state index contributed by atoms with van der Waals surface area (Å²) in [4.78, 5) is 4.15. The second kappa shape index (κ2) is 5.08. The van der Waals surface area contributed by atoms with Crippen molar-refractivity contribution in [2.45, 2.75) is 27.2 Å². The van der Waals surface area contributed by atoms with Gasteiger partial charge in [0.15, 0.2) is 0 Å². The van der Waals surface area contributed by atoms with Gasteiger partial charge >= 0.3 is 0 Å². The highest BCUT2D eigenvalue weighted by Gasteiger charge is 2.15. The minimum atomic E-state index is -0.139. The molecule has 1 aromatic carbocycles. The van der Waals surface area contributed by atoms with Crippen LogP contribution in [0, 0.1) is 5.41 Å². The van der Waals surface area contributed by atoms with E-state index in [2.05, 4.69) is 25.8 Å². The molecule has 2 heteroatoms. The van der Waals surface area contributed by atoms with E-state index in [9.17, 15) is 0 Å². The summed E-state index contributed by atoms with van der Waals surface area (Å²) in [6, 6.07) is 10.0. The van der Waals surface area contributed by atoms with Crippen molar-refractivity contribution in [2.75, 3.05) is 6.73 Å². The first-order valence-corrected chi connectivity index (χ1v) is 5.22. The SMILES string of the molecule is CC(C)(C)C/C(=N\CO)c1ccccc1. The number of rotatable bonds is 3. The van der Waals surface area contributed by atoms with E-state index in [1.807, 2.05) is 30.3 Å². The van der Waals surface area contributed by atoms with Gasteiger partial charge in [0.25, 0.3) is 0 Å². The van der Waals surface area contributed by atoms with Crippen LogP contribution in [0.1, 0.15) is 32.8 Å². The Hall–Kier alpha value is -1.15. The van der Waals surface area contributed by atoms with E-state index in [-0.39, 0.29) is 12.1 Å². The standard InChI is InChI=1S/C13H19NO/c1-13(2,3)9-12(14-10-15)11-7-5-4-6-8-11/h4-8,15H,9-10H2,1-3H3/b14-12+. The quantitative estimate of drug-likeness (QED) is 0.756. The summed E-state index contributed by atoms with van der Waals surface area (Å²) < 4.78 is 0. The molecule has 2 nitrogen and oxygen atoms in total. The van der Waals surface area contributed by atoms with Crippen molar-refractivity contribution in [1.82, 2.24) is 0 Å². The first-order chi connectivity index (χ1) is 7.03. The smallest absolute Gasteiger partial charge is 0.134 e. The molecular formula is C13H19NO. The maximum atomic E-state index is 8.91. The topological polar surface area (TPSA) is 32.6 Å². The average molecular weight is 205 g/mol. The zero-order chi connectivity index (χ0) is 11.3. The van der Waals surface area contributed by atoms with E-state index in [0.29, 0.717) is 0 Å². The van der Waals surface area contributed by atoms with Crippen molar-refractivity contribution in [1.29, 1.82) is 0 Å². The van der Waals surface area contributed by atoms with Crippen LogP contribution < -0.4 is 0 Å². The van der Waals surface area contributed by atoms with Crippen LogP contribution in [0.2, 0.25) is 0 Å². The fourth-order valence-electron chi connectivity index (χ4n) is 1.47. The first-order valence-electron chi connectivity index (χ1n) is 5.22. The van der Waals surface area contributed by atoms with Crippen LogP contribution in [-0.4, -0.2) is 17.5 Å². The normalized spacial score (nSPS) is 12.9. The highest BCUT2D eigenvalue weighted by atomic mass is 16.3. The van der Waals surface area contributed by atoms with Gasteiger partial charge in [-0.1, -0.05) is 51.1 Å². The van der Waals surface area contributed by atoms with Crippen molar-refractivity contribution in [3.63, 3.8) is 0 Å². The van der Waals surface area contributed by atoms with Crippen LogP contribution >= 0.6 is 0 Å². The molecule has 1 aromatic rings. The Bertz CT molecular complexity index is 322. The first kappa shape index (κ1) is 11.9. The average Bonchev–Trinajstić information content (AvgIpc) is 2.17. The van der Waals surface area contributed by atoms with Crippen molar-refractivity contribution in [3.05, 3.63) is 35.9 Å². The lowest BCUT2D eigenvalue weighted by Crippen LogP contribution is -2.14. The second-order valence-electron chi connectivity index (χ2n) is 4.85. The summed E-state index contributed by atoms with van der Waals surface area (Å²) in [6.07, 6.45) is 0.873. The molecule has 0 unspecified atom stereocenters. The molecule has 1 N–H and O–H groups in total. The van der Waals surface area contributed by atoms with Gasteiger partial charge in [-0.3, -0.25) is 4.99 Å². The summed E-state index contributed by atoms with van der Waals surface area (Å²) in [6.45, 7) is 6.37. The van der Waals surface area contributed by atoms with Gasteiger partial charge in [0.1, 0.15) is 6.73 Å². The largest absolute Gasteiger partial charge is 0.375 e. The van der Waals surface area contributed by atoms with Crippen molar-refractivity contribution >= 4 is 5.71 Å². The summed E-state index contributed by atoms with van der Waals surface area (Å²) in [5.41, 5.74) is 2.26. The molecule has 15 heavy (non-hydrogen) atoms. The monoisotopic (exact) mass is 205 g/mol. The second-order valence-corrected chi connectivity index (χ2v) is 4.85. The summed E-state index contributed by atoms with van der Waals surface area (Å²) in [5, 5.41) is 8.91. The minimum Gasteiger partial charge on any atom is -0.375 e. The third-order valence-electron chi connectivity index (χ3n) is 2.07. The van der Waals surface area contributed by atoms with Crippen LogP contribution in [0.4, 0.5) is 0 Å². The Morgan fingerprint density at radius 2 is 1.80 bits per heavy atom. The van der Waals surface area contributed by atoms with Gasteiger partial charge in [0.05, 0.1) is 0 Å². The van der Waals surface area contributed by atoms with E-state index >= 15 is 0 Å². The van der Waals surface area contributed by atoms with Crippen LogP contribution in [0.3, 0.4) is 0 Å². The van der Waals surface area contributed by atoms with E-state index in [1.165, 1.54) is 0 Å². The molecule has 0 saturated heterocycles. The van der Waals surface area contributed by atoms with E-state index < -0.39 is 0 Å². The number of hydrogen-bond donors (Lipinski definition) is 1. The summed E-state index contributed by atoms with van der Waals surface area (Å²) in [7, 11) is 0. The van der Waals surface area contributed by atoms with E-state index in [4.69, 9.17) is 5.11 Å². The zero-order valence-corrected chi connectivity index (χ0v) is 9.70. The molecule has 0 amide bonds. The molecular weight excluding hydrogens is 186 g/mol. The predicted octanol–water partition coefficient (Wildman–Crippen LogP) is 2.86. The summed E-state index contributed by atoms with van der Waals surface area (Å²) >= 11 is 0. The van der Waals surface area contributed by atoms with Gasteiger partial charge in [-0.15, -0.1) is 0 Å². The van der Waals surface area contributed by atoms with Crippen molar-refractivity contribution < 1.29 is 5.11 Å². The molecule has 0 aromatic heterocycles. The maximum Gasteiger partial charge on any atom is 0.134 e. The Balaban J connectivity index is 2.90. The Kier molecular flexibility index (Phi) is 4.04. The Morgan fingerprint density at radius 3 is 2.27 bits per heavy atom. The van der Waals surface area contributed by atoms with Crippen LogP contribution in [0.5, 0.6) is 0 Å². The van der Waals surface area contributed by atoms with Crippen LogP contribution in [0.15, 0.2) is 35.3 Å². The number of aliphatic hydroxyl groups is 1. The molecule has 0 bridgehead atoms. The zero-order valence-electron chi connectivity index (χ0n) is 9.70. The predicted molar refractivity (Wildman–Crippen MR) is 64.1 cm³/mol. The number of aliphatic hydroxyl groups excluding tert-OH is 1. The lowest BCUT2D eigenvalue weighted by molar-refractivity contribution is 0.308. The minimum absolute atomic E-state index is 0.139. The third-order valence-corrected chi connectivity index (χ3v) is 2.07. The third kappa shape index (κ3) is 4.26. The van der Waals surface area contributed by atoms with E-state index in [0.717, 1.165) is 17.7 Å². The number of aliphatic imine (C=N–C) groups is 1. The van der Waals surface area contributed by atoms with Gasteiger partial charge in [0.2, 0.25) is 0 Å². The summed E-state index contributed by atoms with van der Waals surface area (Å²) in [5.74, 6) is 0.